The van der Waals surface area contributed by atoms with Crippen LogP contribution in [-0.2, 0) is 14.3 Å². The van der Waals surface area contributed by atoms with Gasteiger partial charge in [-0.25, -0.2) is 0 Å². The number of allylic oxidation sites excluding steroid dienone is 1. The van der Waals surface area contributed by atoms with E-state index in [-0.39, 0.29) is 0 Å². The van der Waals surface area contributed by atoms with Crippen molar-refractivity contribution >= 4 is 11.9 Å². The number of rotatable bonds is 0. The first-order valence-corrected chi connectivity index (χ1v) is 4.05. The van der Waals surface area contributed by atoms with Crippen LogP contribution in [0.1, 0.15) is 6.42 Å². The maximum Gasteiger partial charge on any atom is 0.322 e. The van der Waals surface area contributed by atoms with Crippen LogP contribution >= 0.6 is 0 Å². The molecule has 2 atom stereocenters. The van der Waals surface area contributed by atoms with Crippen LogP contribution < -0.4 is 0 Å². The van der Waals surface area contributed by atoms with Crippen molar-refractivity contribution in [2.75, 3.05) is 0 Å². The molecule has 1 heterocycles. The zero-order valence-electron chi connectivity index (χ0n) is 6.95. The molecule has 0 amide bonds. The van der Waals surface area contributed by atoms with Gasteiger partial charge in [-0.05, 0) is 12.0 Å². The fraction of sp³-hybridized carbons (Fsp3) is 0.300. The van der Waals surface area contributed by atoms with Gasteiger partial charge in [-0.1, -0.05) is 18.7 Å². The lowest BCUT2D eigenvalue weighted by atomic mass is 9.82. The van der Waals surface area contributed by atoms with Crippen LogP contribution in [0.3, 0.4) is 0 Å². The minimum Gasteiger partial charge on any atom is -0.392 e. The van der Waals surface area contributed by atoms with E-state index in [0.717, 1.165) is 5.57 Å². The fourth-order valence-corrected chi connectivity index (χ4v) is 1.71. The number of carbonyl (C=O) groups is 2. The first-order valence-electron chi connectivity index (χ1n) is 4.05. The third kappa shape index (κ3) is 1.05. The van der Waals surface area contributed by atoms with Crippen molar-refractivity contribution in [1.82, 2.24) is 0 Å². The van der Waals surface area contributed by atoms with Gasteiger partial charge in [-0.3, -0.25) is 9.59 Å². The second-order valence-electron chi connectivity index (χ2n) is 3.08. The summed E-state index contributed by atoms with van der Waals surface area (Å²) < 4.78 is 4.52. The van der Waals surface area contributed by atoms with Gasteiger partial charge in [0, 0.05) is 0 Å². The highest BCUT2D eigenvalue weighted by Gasteiger charge is 2.45. The van der Waals surface area contributed by atoms with Gasteiger partial charge in [-0.15, -0.1) is 5.73 Å². The van der Waals surface area contributed by atoms with E-state index in [0.29, 0.717) is 6.42 Å². The molecule has 0 aromatic rings. The Morgan fingerprint density at radius 3 is 2.92 bits per heavy atom. The van der Waals surface area contributed by atoms with Crippen LogP contribution in [0.4, 0.5) is 0 Å². The Morgan fingerprint density at radius 1 is 1.46 bits per heavy atom. The van der Waals surface area contributed by atoms with Gasteiger partial charge in [0.15, 0.2) is 0 Å². The second kappa shape index (κ2) is 2.71. The third-order valence-electron chi connectivity index (χ3n) is 2.37. The lowest BCUT2D eigenvalue weighted by Crippen LogP contribution is -2.20. The molecule has 2 unspecified atom stereocenters. The second-order valence-corrected chi connectivity index (χ2v) is 3.08. The van der Waals surface area contributed by atoms with E-state index in [9.17, 15) is 9.59 Å². The highest BCUT2D eigenvalue weighted by atomic mass is 16.6. The topological polar surface area (TPSA) is 43.4 Å². The Balaban J connectivity index is 2.47. The fourth-order valence-electron chi connectivity index (χ4n) is 1.71. The number of hydrogen-bond acceptors (Lipinski definition) is 3. The average Bonchev–Trinajstić information content (AvgIpc) is 2.43. The lowest BCUT2D eigenvalue weighted by Gasteiger charge is -2.15. The molecule has 3 heteroatoms. The van der Waals surface area contributed by atoms with Gasteiger partial charge >= 0.3 is 11.9 Å². The summed E-state index contributed by atoms with van der Waals surface area (Å²) in [4.78, 5) is 22.3. The summed E-state index contributed by atoms with van der Waals surface area (Å²) in [5, 5.41) is 0. The monoisotopic (exact) mass is 176 g/mol. The van der Waals surface area contributed by atoms with E-state index in [4.69, 9.17) is 0 Å². The highest BCUT2D eigenvalue weighted by molar-refractivity contribution is 5.99. The third-order valence-corrected chi connectivity index (χ3v) is 2.37. The van der Waals surface area contributed by atoms with E-state index < -0.39 is 23.8 Å². The van der Waals surface area contributed by atoms with Crippen LogP contribution in [0.2, 0.25) is 0 Å². The Kier molecular flexibility index (Phi) is 1.67. The van der Waals surface area contributed by atoms with E-state index in [2.05, 4.69) is 17.0 Å². The average molecular weight is 176 g/mol. The Labute approximate surface area is 75.4 Å². The summed E-state index contributed by atoms with van der Waals surface area (Å²) >= 11 is 0. The molecular formula is C10H8O3. The summed E-state index contributed by atoms with van der Waals surface area (Å²) in [5.41, 5.74) is 3.44. The van der Waals surface area contributed by atoms with Gasteiger partial charge in [0.2, 0.25) is 0 Å². The molecule has 1 aliphatic carbocycles. The smallest absolute Gasteiger partial charge is 0.322 e. The number of cyclic esters (lactones) is 2. The SMILES string of the molecule is C=C=C1CC=CC2C(=O)OC(=O)C12. The van der Waals surface area contributed by atoms with Gasteiger partial charge in [0.25, 0.3) is 0 Å². The molecule has 0 N–H and O–H groups in total. The standard InChI is InChI=1S/C10H8O3/c1-2-6-4-3-5-7-8(6)10(12)13-9(7)11/h3,5,7-8H,1,4H2. The molecule has 0 radical (unpaired) electrons. The first-order chi connectivity index (χ1) is 6.24. The Morgan fingerprint density at radius 2 is 2.23 bits per heavy atom. The molecule has 13 heavy (non-hydrogen) atoms. The molecule has 66 valence electrons. The summed E-state index contributed by atoms with van der Waals surface area (Å²) in [6.07, 6.45) is 4.19. The largest absolute Gasteiger partial charge is 0.392 e. The zero-order valence-corrected chi connectivity index (χ0v) is 6.95. The van der Waals surface area contributed by atoms with Crippen LogP contribution in [-0.4, -0.2) is 11.9 Å². The summed E-state index contributed by atoms with van der Waals surface area (Å²) in [5.74, 6) is -1.83. The van der Waals surface area contributed by atoms with Crippen molar-refractivity contribution in [3.8, 4) is 0 Å². The summed E-state index contributed by atoms with van der Waals surface area (Å²) in [6.45, 7) is 3.49. The van der Waals surface area contributed by atoms with Crippen LogP contribution in [0.5, 0.6) is 0 Å². The maximum absolute atomic E-state index is 11.2. The van der Waals surface area contributed by atoms with E-state index in [1.165, 1.54) is 0 Å². The normalized spacial score (nSPS) is 31.2. The minimum absolute atomic E-state index is 0.439. The molecule has 0 spiro atoms. The zero-order chi connectivity index (χ0) is 9.42. The van der Waals surface area contributed by atoms with E-state index >= 15 is 0 Å². The van der Waals surface area contributed by atoms with Crippen LogP contribution in [0, 0.1) is 11.8 Å². The first kappa shape index (κ1) is 8.02. The minimum atomic E-state index is -0.467. The number of ether oxygens (including phenoxy) is 1. The van der Waals surface area contributed by atoms with Crippen molar-refractivity contribution < 1.29 is 14.3 Å². The van der Waals surface area contributed by atoms with Crippen LogP contribution in [0.25, 0.3) is 0 Å². The number of fused-ring (bicyclic) bond motifs is 1. The predicted molar refractivity (Wildman–Crippen MR) is 44.5 cm³/mol. The van der Waals surface area contributed by atoms with E-state index in [1.54, 1.807) is 6.08 Å². The molecule has 0 aromatic heterocycles. The Bertz CT molecular complexity index is 358. The van der Waals surface area contributed by atoms with Crippen molar-refractivity contribution in [1.29, 1.82) is 0 Å². The number of hydrogen-bond donors (Lipinski definition) is 0. The molecular weight excluding hydrogens is 168 g/mol. The molecule has 1 fully saturated rings. The lowest BCUT2D eigenvalue weighted by molar-refractivity contribution is -0.153. The molecule has 2 aliphatic rings. The predicted octanol–water partition coefficient (Wildman–Crippen LogP) is 0.973. The quantitative estimate of drug-likeness (QED) is 0.239. The molecule has 2 rings (SSSR count). The molecule has 0 bridgehead atoms. The Hall–Kier alpha value is -1.60. The summed E-state index contributed by atoms with van der Waals surface area (Å²) in [6, 6.07) is 0. The van der Waals surface area contributed by atoms with Gasteiger partial charge < -0.3 is 4.74 Å². The highest BCUT2D eigenvalue weighted by Crippen LogP contribution is 2.35. The van der Waals surface area contributed by atoms with Gasteiger partial charge in [0.05, 0.1) is 5.92 Å². The van der Waals surface area contributed by atoms with Gasteiger partial charge in [0.1, 0.15) is 5.92 Å². The van der Waals surface area contributed by atoms with Gasteiger partial charge in [-0.2, -0.15) is 0 Å². The molecule has 1 aliphatic heterocycles. The molecule has 0 saturated carbocycles. The maximum atomic E-state index is 11.2. The van der Waals surface area contributed by atoms with Crippen LogP contribution in [0.15, 0.2) is 30.0 Å². The number of carbonyl (C=O) groups excluding carboxylic acids is 2. The van der Waals surface area contributed by atoms with E-state index in [1.807, 2.05) is 6.08 Å². The summed E-state index contributed by atoms with van der Waals surface area (Å²) in [7, 11) is 0. The van der Waals surface area contributed by atoms with Crippen molar-refractivity contribution in [3.05, 3.63) is 30.0 Å². The number of esters is 2. The molecule has 3 nitrogen and oxygen atoms in total. The van der Waals surface area contributed by atoms with Crippen molar-refractivity contribution in [2.24, 2.45) is 11.8 Å². The van der Waals surface area contributed by atoms with Crippen molar-refractivity contribution in [3.63, 3.8) is 0 Å². The van der Waals surface area contributed by atoms with Crippen molar-refractivity contribution in [2.45, 2.75) is 6.42 Å². The molecule has 1 saturated heterocycles. The molecule has 0 aromatic carbocycles.